The van der Waals surface area contributed by atoms with Crippen LogP contribution in [0.4, 0.5) is 0 Å². The Bertz CT molecular complexity index is 366. The molecule has 1 aromatic rings. The molecule has 1 aliphatic heterocycles. The van der Waals surface area contributed by atoms with Gasteiger partial charge in [-0.1, -0.05) is 24.8 Å². The maximum Gasteiger partial charge on any atom is 0.157 e. The Kier molecular flexibility index (Phi) is 4.42. The van der Waals surface area contributed by atoms with Crippen LogP contribution in [0.15, 0.2) is 29.4 Å². The van der Waals surface area contributed by atoms with Gasteiger partial charge in [-0.05, 0) is 25.5 Å². The van der Waals surface area contributed by atoms with Crippen LogP contribution in [-0.2, 0) is 6.42 Å². The Morgan fingerprint density at radius 3 is 3.06 bits per heavy atom. The predicted molar refractivity (Wildman–Crippen MR) is 74.5 cm³/mol. The highest BCUT2D eigenvalue weighted by atomic mass is 32.2. The minimum absolute atomic E-state index is 0.542. The highest BCUT2D eigenvalue weighted by Gasteiger charge is 2.19. The lowest BCUT2D eigenvalue weighted by Crippen LogP contribution is -2.38. The molecule has 2 unspecified atom stereocenters. The second-order valence-electron chi connectivity index (χ2n) is 4.47. The van der Waals surface area contributed by atoms with Crippen LogP contribution in [0.5, 0.6) is 0 Å². The van der Waals surface area contributed by atoms with Crippen LogP contribution in [0.25, 0.3) is 0 Å². The second-order valence-corrected chi connectivity index (χ2v) is 5.89. The molecule has 0 aliphatic carbocycles. The van der Waals surface area contributed by atoms with Gasteiger partial charge in [0.1, 0.15) is 0 Å². The summed E-state index contributed by atoms with van der Waals surface area (Å²) in [6.07, 6.45) is 3.96. The molecule has 0 bridgehead atoms. The fourth-order valence-corrected chi connectivity index (χ4v) is 3.14. The lowest BCUT2D eigenvalue weighted by Gasteiger charge is -2.26. The van der Waals surface area contributed by atoms with Gasteiger partial charge >= 0.3 is 0 Å². The third-order valence-corrected chi connectivity index (χ3v) is 3.78. The third-order valence-electron chi connectivity index (χ3n) is 2.72. The van der Waals surface area contributed by atoms with E-state index in [9.17, 15) is 0 Å². The molecule has 0 aromatic carbocycles. The quantitative estimate of drug-likeness (QED) is 0.894. The fourth-order valence-electron chi connectivity index (χ4n) is 1.94. The molecular weight excluding hydrogens is 230 g/mol. The van der Waals surface area contributed by atoms with E-state index in [1.165, 1.54) is 6.42 Å². The molecule has 1 aliphatic rings. The smallest absolute Gasteiger partial charge is 0.157 e. The number of hydrogen-bond acceptors (Lipinski definition) is 3. The van der Waals surface area contributed by atoms with Gasteiger partial charge in [-0.2, -0.15) is 0 Å². The summed E-state index contributed by atoms with van der Waals surface area (Å²) in [5.41, 5.74) is 1.11. The van der Waals surface area contributed by atoms with Crippen molar-refractivity contribution in [2.75, 3.05) is 6.54 Å². The van der Waals surface area contributed by atoms with Crippen LogP contribution >= 0.6 is 11.8 Å². The topological polar surface area (TPSA) is 37.3 Å². The Labute approximate surface area is 107 Å². The Hall–Kier alpha value is -1.03. The molecule has 2 atom stereocenters. The highest BCUT2D eigenvalue weighted by molar-refractivity contribution is 8.14. The number of rotatable bonds is 3. The van der Waals surface area contributed by atoms with E-state index in [1.54, 1.807) is 0 Å². The van der Waals surface area contributed by atoms with Crippen LogP contribution in [0.3, 0.4) is 0 Å². The molecule has 1 fully saturated rings. The van der Waals surface area contributed by atoms with Gasteiger partial charge in [-0.3, -0.25) is 9.98 Å². The summed E-state index contributed by atoms with van der Waals surface area (Å²) >= 11 is 1.84. The van der Waals surface area contributed by atoms with E-state index in [4.69, 9.17) is 0 Å². The minimum atomic E-state index is 0.542. The van der Waals surface area contributed by atoms with Gasteiger partial charge in [0.15, 0.2) is 5.17 Å². The van der Waals surface area contributed by atoms with Crippen molar-refractivity contribution in [3.05, 3.63) is 30.1 Å². The van der Waals surface area contributed by atoms with E-state index in [-0.39, 0.29) is 0 Å². The molecule has 2 heterocycles. The molecule has 17 heavy (non-hydrogen) atoms. The molecule has 1 aromatic heterocycles. The molecule has 1 N–H and O–H groups in total. The summed E-state index contributed by atoms with van der Waals surface area (Å²) in [5.74, 6) is 0. The summed E-state index contributed by atoms with van der Waals surface area (Å²) in [7, 11) is 0. The number of nitrogens with zero attached hydrogens (tertiary/aromatic N) is 2. The molecule has 1 saturated heterocycles. The molecular formula is C13H19N3S. The van der Waals surface area contributed by atoms with E-state index in [2.05, 4.69) is 29.1 Å². The van der Waals surface area contributed by atoms with Gasteiger partial charge in [-0.25, -0.2) is 0 Å². The van der Waals surface area contributed by atoms with Crippen LogP contribution in [-0.4, -0.2) is 28.0 Å². The average Bonchev–Trinajstić information content (AvgIpc) is 2.29. The SMILES string of the molecule is CC1CC(C)SC(=NCCc2ccccn2)N1. The first-order valence-corrected chi connectivity index (χ1v) is 6.99. The maximum atomic E-state index is 4.61. The van der Waals surface area contributed by atoms with Crippen molar-refractivity contribution in [3.63, 3.8) is 0 Å². The number of thioether (sulfide) groups is 1. The summed E-state index contributed by atoms with van der Waals surface area (Å²) in [4.78, 5) is 8.90. The van der Waals surface area contributed by atoms with Gasteiger partial charge in [-0.15, -0.1) is 0 Å². The van der Waals surface area contributed by atoms with E-state index in [1.807, 2.05) is 36.2 Å². The van der Waals surface area contributed by atoms with Crippen molar-refractivity contribution in [2.24, 2.45) is 4.99 Å². The fraction of sp³-hybridized carbons (Fsp3) is 0.538. The Morgan fingerprint density at radius 2 is 2.35 bits per heavy atom. The van der Waals surface area contributed by atoms with E-state index in [0.29, 0.717) is 11.3 Å². The molecule has 3 nitrogen and oxygen atoms in total. The molecule has 4 heteroatoms. The van der Waals surface area contributed by atoms with Crippen molar-refractivity contribution >= 4 is 16.9 Å². The average molecular weight is 249 g/mol. The highest BCUT2D eigenvalue weighted by Crippen LogP contribution is 2.22. The molecule has 0 amide bonds. The van der Waals surface area contributed by atoms with Crippen LogP contribution in [0.2, 0.25) is 0 Å². The van der Waals surface area contributed by atoms with Crippen molar-refractivity contribution < 1.29 is 0 Å². The third kappa shape index (κ3) is 4.04. The standard InChI is InChI=1S/C13H19N3S/c1-10-9-11(2)17-13(16-10)15-8-6-12-5-3-4-7-14-12/h3-5,7,10-11H,6,8-9H2,1-2H3,(H,15,16). The van der Waals surface area contributed by atoms with Crippen molar-refractivity contribution in [3.8, 4) is 0 Å². The van der Waals surface area contributed by atoms with E-state index < -0.39 is 0 Å². The van der Waals surface area contributed by atoms with Crippen LogP contribution in [0, 0.1) is 0 Å². The molecule has 2 rings (SSSR count). The van der Waals surface area contributed by atoms with Gasteiger partial charge in [0.05, 0.1) is 0 Å². The summed E-state index contributed by atoms with van der Waals surface area (Å²) in [5, 5.41) is 5.18. The Morgan fingerprint density at radius 1 is 1.47 bits per heavy atom. The number of nitrogens with one attached hydrogen (secondary N) is 1. The van der Waals surface area contributed by atoms with Gasteiger partial charge in [0.25, 0.3) is 0 Å². The summed E-state index contributed by atoms with van der Waals surface area (Å²) in [6.45, 7) is 5.28. The van der Waals surface area contributed by atoms with Crippen LogP contribution < -0.4 is 5.32 Å². The van der Waals surface area contributed by atoms with E-state index in [0.717, 1.165) is 23.8 Å². The normalized spacial score (nSPS) is 26.8. The largest absolute Gasteiger partial charge is 0.362 e. The zero-order valence-electron chi connectivity index (χ0n) is 10.4. The lowest BCUT2D eigenvalue weighted by molar-refractivity contribution is 0.597. The van der Waals surface area contributed by atoms with Gasteiger partial charge in [0, 0.05) is 36.1 Å². The van der Waals surface area contributed by atoms with Crippen molar-refractivity contribution in [1.82, 2.24) is 10.3 Å². The summed E-state index contributed by atoms with van der Waals surface area (Å²) < 4.78 is 0. The Balaban J connectivity index is 1.84. The molecule has 0 spiro atoms. The number of pyridine rings is 1. The summed E-state index contributed by atoms with van der Waals surface area (Å²) in [6, 6.07) is 6.55. The zero-order valence-corrected chi connectivity index (χ0v) is 11.2. The monoisotopic (exact) mass is 249 g/mol. The molecule has 0 radical (unpaired) electrons. The number of amidine groups is 1. The minimum Gasteiger partial charge on any atom is -0.362 e. The zero-order chi connectivity index (χ0) is 12.1. The predicted octanol–water partition coefficient (Wildman–Crippen LogP) is 2.48. The van der Waals surface area contributed by atoms with E-state index >= 15 is 0 Å². The molecule has 0 saturated carbocycles. The number of hydrogen-bond donors (Lipinski definition) is 1. The second kappa shape index (κ2) is 6.05. The van der Waals surface area contributed by atoms with Crippen molar-refractivity contribution in [1.29, 1.82) is 0 Å². The lowest BCUT2D eigenvalue weighted by atomic mass is 10.2. The molecule has 92 valence electrons. The van der Waals surface area contributed by atoms with Crippen LogP contribution in [0.1, 0.15) is 26.0 Å². The first-order chi connectivity index (χ1) is 8.24. The first-order valence-electron chi connectivity index (χ1n) is 6.11. The van der Waals surface area contributed by atoms with Gasteiger partial charge in [0.2, 0.25) is 0 Å². The van der Waals surface area contributed by atoms with Gasteiger partial charge < -0.3 is 5.32 Å². The number of aliphatic imine (C=N–C) groups is 1. The number of aromatic nitrogens is 1. The maximum absolute atomic E-state index is 4.61. The van der Waals surface area contributed by atoms with Crippen molar-refractivity contribution in [2.45, 2.75) is 38.0 Å². The first kappa shape index (κ1) is 12.4.